The smallest absolute Gasteiger partial charge is 0.0739 e. The van der Waals surface area contributed by atoms with Crippen LogP contribution in [-0.2, 0) is 13.6 Å². The topological polar surface area (TPSA) is 29.9 Å². The molecule has 0 saturated heterocycles. The van der Waals surface area contributed by atoms with Gasteiger partial charge in [-0.1, -0.05) is 19.8 Å². The Kier molecular flexibility index (Phi) is 4.26. The minimum atomic E-state index is 0.657. The van der Waals surface area contributed by atoms with Crippen molar-refractivity contribution >= 4 is 15.9 Å². The van der Waals surface area contributed by atoms with E-state index in [4.69, 9.17) is 0 Å². The lowest BCUT2D eigenvalue weighted by Gasteiger charge is -2.16. The minimum absolute atomic E-state index is 0.657. The summed E-state index contributed by atoms with van der Waals surface area (Å²) < 4.78 is 3.12. The molecule has 0 bridgehead atoms. The van der Waals surface area contributed by atoms with Gasteiger partial charge in [0.05, 0.1) is 15.9 Å². The lowest BCUT2D eigenvalue weighted by atomic mass is 10.1. The molecule has 1 unspecified atom stereocenters. The molecule has 1 N–H and O–H groups in total. The van der Waals surface area contributed by atoms with E-state index in [0.29, 0.717) is 6.04 Å². The molecule has 0 amide bonds. The quantitative estimate of drug-likeness (QED) is 0.874. The summed E-state index contributed by atoms with van der Waals surface area (Å²) in [5.41, 5.74) is 2.32. The molecule has 0 spiro atoms. The summed E-state index contributed by atoms with van der Waals surface area (Å²) in [5, 5.41) is 8.08. The van der Waals surface area contributed by atoms with Crippen LogP contribution in [0.3, 0.4) is 0 Å². The van der Waals surface area contributed by atoms with Crippen molar-refractivity contribution < 1.29 is 0 Å². The molecule has 3 nitrogen and oxygen atoms in total. The number of nitrogens with one attached hydrogen (secondary N) is 1. The van der Waals surface area contributed by atoms with E-state index in [2.05, 4.69) is 33.3 Å². The van der Waals surface area contributed by atoms with Crippen LogP contribution in [0.1, 0.15) is 44.0 Å². The maximum Gasteiger partial charge on any atom is 0.0739 e. The van der Waals surface area contributed by atoms with Crippen LogP contribution in [0.25, 0.3) is 0 Å². The Balaban J connectivity index is 1.90. The second-order valence-corrected chi connectivity index (χ2v) is 5.93. The predicted molar refractivity (Wildman–Crippen MR) is 73.9 cm³/mol. The van der Waals surface area contributed by atoms with Crippen molar-refractivity contribution in [2.45, 2.75) is 52.1 Å². The van der Waals surface area contributed by atoms with Crippen molar-refractivity contribution in [1.29, 1.82) is 0 Å². The van der Waals surface area contributed by atoms with Gasteiger partial charge in [-0.25, -0.2) is 0 Å². The monoisotopic (exact) mass is 299 g/mol. The molecule has 1 aromatic rings. The lowest BCUT2D eigenvalue weighted by molar-refractivity contribution is 0.436. The molecule has 1 aliphatic rings. The molecule has 1 saturated carbocycles. The normalized spacial score (nSPS) is 17.4. The molecule has 96 valence electrons. The average molecular weight is 300 g/mol. The van der Waals surface area contributed by atoms with Gasteiger partial charge in [0.1, 0.15) is 0 Å². The fraction of sp³-hybridized carbons (Fsp3) is 0.769. The highest BCUT2D eigenvalue weighted by atomic mass is 79.9. The van der Waals surface area contributed by atoms with E-state index in [1.165, 1.54) is 31.4 Å². The fourth-order valence-electron chi connectivity index (χ4n) is 2.26. The second-order valence-electron chi connectivity index (χ2n) is 5.13. The highest BCUT2D eigenvalue weighted by Gasteiger charge is 2.24. The van der Waals surface area contributed by atoms with Crippen LogP contribution < -0.4 is 5.32 Å². The van der Waals surface area contributed by atoms with E-state index >= 15 is 0 Å². The SMILES string of the molecule is CCC(CC1CC1)NCc1c(Br)c(C)nn1C. The van der Waals surface area contributed by atoms with Crippen LogP contribution in [0.2, 0.25) is 0 Å². The summed E-state index contributed by atoms with van der Waals surface area (Å²) in [4.78, 5) is 0. The second kappa shape index (κ2) is 5.53. The molecule has 1 aliphatic carbocycles. The highest BCUT2D eigenvalue weighted by Crippen LogP contribution is 2.34. The van der Waals surface area contributed by atoms with E-state index in [1.807, 2.05) is 18.7 Å². The third-order valence-corrected chi connectivity index (χ3v) is 4.66. The van der Waals surface area contributed by atoms with Gasteiger partial charge in [-0.15, -0.1) is 0 Å². The van der Waals surface area contributed by atoms with Gasteiger partial charge in [-0.3, -0.25) is 4.68 Å². The van der Waals surface area contributed by atoms with Gasteiger partial charge in [0.15, 0.2) is 0 Å². The van der Waals surface area contributed by atoms with E-state index in [0.717, 1.165) is 22.6 Å². The summed E-state index contributed by atoms with van der Waals surface area (Å²) in [6.07, 6.45) is 5.43. The van der Waals surface area contributed by atoms with Crippen LogP contribution >= 0.6 is 15.9 Å². The van der Waals surface area contributed by atoms with Crippen LogP contribution in [0.5, 0.6) is 0 Å². The molecule has 4 heteroatoms. The van der Waals surface area contributed by atoms with E-state index in [-0.39, 0.29) is 0 Å². The zero-order valence-electron chi connectivity index (χ0n) is 11.0. The van der Waals surface area contributed by atoms with Crippen LogP contribution in [0.15, 0.2) is 4.47 Å². The van der Waals surface area contributed by atoms with Crippen LogP contribution in [0, 0.1) is 12.8 Å². The summed E-state index contributed by atoms with van der Waals surface area (Å²) in [7, 11) is 2.01. The molecule has 1 heterocycles. The summed E-state index contributed by atoms with van der Waals surface area (Å²) in [6.45, 7) is 5.21. The molecule has 1 fully saturated rings. The van der Waals surface area contributed by atoms with E-state index in [1.54, 1.807) is 0 Å². The number of nitrogens with zero attached hydrogens (tertiary/aromatic N) is 2. The van der Waals surface area contributed by atoms with Gasteiger partial charge in [-0.05, 0) is 41.6 Å². The van der Waals surface area contributed by atoms with Crippen molar-refractivity contribution in [2.24, 2.45) is 13.0 Å². The fourth-order valence-corrected chi connectivity index (χ4v) is 2.74. The molecule has 0 aromatic carbocycles. The molecular weight excluding hydrogens is 278 g/mol. The largest absolute Gasteiger partial charge is 0.308 e. The lowest BCUT2D eigenvalue weighted by Crippen LogP contribution is -2.29. The van der Waals surface area contributed by atoms with Gasteiger partial charge in [0, 0.05) is 19.6 Å². The molecule has 0 aliphatic heterocycles. The standard InChI is InChI=1S/C13H22BrN3/c1-4-11(7-10-5-6-10)15-8-12-13(14)9(2)16-17(12)3/h10-11,15H,4-8H2,1-3H3. The van der Waals surface area contributed by atoms with Gasteiger partial charge in [0.25, 0.3) is 0 Å². The number of halogens is 1. The van der Waals surface area contributed by atoms with Gasteiger partial charge < -0.3 is 5.32 Å². The predicted octanol–water partition coefficient (Wildman–Crippen LogP) is 3.16. The summed E-state index contributed by atoms with van der Waals surface area (Å²) in [5.74, 6) is 0.990. The number of hydrogen-bond acceptors (Lipinski definition) is 2. The number of aromatic nitrogens is 2. The first kappa shape index (κ1) is 13.1. The Morgan fingerprint density at radius 2 is 2.24 bits per heavy atom. The molecule has 17 heavy (non-hydrogen) atoms. The number of hydrogen-bond donors (Lipinski definition) is 1. The first-order valence-electron chi connectivity index (χ1n) is 6.53. The Bertz CT molecular complexity index is 382. The molecule has 0 radical (unpaired) electrons. The number of rotatable bonds is 6. The van der Waals surface area contributed by atoms with Crippen LogP contribution in [0.4, 0.5) is 0 Å². The zero-order valence-corrected chi connectivity index (χ0v) is 12.5. The van der Waals surface area contributed by atoms with Gasteiger partial charge in [0.2, 0.25) is 0 Å². The zero-order chi connectivity index (χ0) is 12.4. The maximum absolute atomic E-state index is 4.42. The molecule has 1 aromatic heterocycles. The van der Waals surface area contributed by atoms with Crippen LogP contribution in [-0.4, -0.2) is 15.8 Å². The summed E-state index contributed by atoms with van der Waals surface area (Å²) in [6, 6.07) is 0.657. The van der Waals surface area contributed by atoms with Crippen molar-refractivity contribution in [2.75, 3.05) is 0 Å². The third-order valence-electron chi connectivity index (χ3n) is 3.63. The van der Waals surface area contributed by atoms with Crippen molar-refractivity contribution in [3.05, 3.63) is 15.9 Å². The summed E-state index contributed by atoms with van der Waals surface area (Å²) >= 11 is 3.61. The minimum Gasteiger partial charge on any atom is -0.308 e. The van der Waals surface area contributed by atoms with E-state index in [9.17, 15) is 0 Å². The molecule has 2 rings (SSSR count). The van der Waals surface area contributed by atoms with Crippen molar-refractivity contribution in [3.8, 4) is 0 Å². The highest BCUT2D eigenvalue weighted by molar-refractivity contribution is 9.10. The van der Waals surface area contributed by atoms with Crippen molar-refractivity contribution in [1.82, 2.24) is 15.1 Å². The molecular formula is C13H22BrN3. The first-order chi connectivity index (χ1) is 8.11. The molecule has 1 atom stereocenters. The Morgan fingerprint density at radius 3 is 2.71 bits per heavy atom. The van der Waals surface area contributed by atoms with E-state index < -0.39 is 0 Å². The third kappa shape index (κ3) is 3.32. The Morgan fingerprint density at radius 1 is 1.53 bits per heavy atom. The van der Waals surface area contributed by atoms with Gasteiger partial charge >= 0.3 is 0 Å². The Hall–Kier alpha value is -0.350. The first-order valence-corrected chi connectivity index (χ1v) is 7.32. The number of aryl methyl sites for hydroxylation is 2. The maximum atomic E-state index is 4.42. The average Bonchev–Trinajstić information content (AvgIpc) is 3.07. The Labute approximate surface area is 112 Å². The van der Waals surface area contributed by atoms with Crippen molar-refractivity contribution in [3.63, 3.8) is 0 Å². The van der Waals surface area contributed by atoms with Gasteiger partial charge in [-0.2, -0.15) is 5.10 Å².